The Labute approximate surface area is 210 Å². The molecule has 2 atom stereocenters. The van der Waals surface area contributed by atoms with Gasteiger partial charge in [0.25, 0.3) is 0 Å². The molecule has 5 rings (SSSR count). The summed E-state index contributed by atoms with van der Waals surface area (Å²) in [6.07, 6.45) is 9.91. The molecular formula is C29H26N4O3. The van der Waals surface area contributed by atoms with Crippen LogP contribution in [0.15, 0.2) is 71.8 Å². The van der Waals surface area contributed by atoms with E-state index in [1.807, 2.05) is 60.2 Å². The average molecular weight is 479 g/mol. The lowest BCUT2D eigenvalue weighted by Gasteiger charge is -2.26. The number of hydrogen-bond acceptors (Lipinski definition) is 6. The minimum Gasteiger partial charge on any atom is -0.356 e. The fourth-order valence-corrected chi connectivity index (χ4v) is 3.98. The second-order valence-electron chi connectivity index (χ2n) is 8.48. The number of nitrogens with zero attached hydrogens (tertiary/aromatic N) is 4. The van der Waals surface area contributed by atoms with Crippen molar-refractivity contribution in [1.29, 1.82) is 0 Å². The van der Waals surface area contributed by atoms with Crippen LogP contribution in [0.25, 0.3) is 11.3 Å². The normalized spacial score (nSPS) is 15.9. The van der Waals surface area contributed by atoms with Gasteiger partial charge in [-0.25, -0.2) is 4.98 Å². The van der Waals surface area contributed by atoms with Crippen LogP contribution in [0.5, 0.6) is 0 Å². The Hall–Kier alpha value is -4.17. The van der Waals surface area contributed by atoms with E-state index in [1.54, 1.807) is 18.6 Å². The molecule has 0 spiro atoms. The molecule has 180 valence electrons. The van der Waals surface area contributed by atoms with Crippen LogP contribution < -0.4 is 0 Å². The largest absolute Gasteiger partial charge is 0.356 e. The van der Waals surface area contributed by atoms with Crippen molar-refractivity contribution in [3.63, 3.8) is 0 Å². The molecule has 7 heteroatoms. The fourth-order valence-electron chi connectivity index (χ4n) is 3.98. The van der Waals surface area contributed by atoms with Gasteiger partial charge in [-0.1, -0.05) is 17.0 Å². The second kappa shape index (κ2) is 11.5. The third kappa shape index (κ3) is 6.09. The Balaban J connectivity index is 1.21. The zero-order chi connectivity index (χ0) is 24.6. The van der Waals surface area contributed by atoms with E-state index in [1.165, 1.54) is 0 Å². The van der Waals surface area contributed by atoms with E-state index in [2.05, 4.69) is 38.8 Å². The first-order chi connectivity index (χ1) is 17.7. The maximum absolute atomic E-state index is 6.09. The van der Waals surface area contributed by atoms with Crippen LogP contribution in [-0.4, -0.2) is 32.6 Å². The molecule has 1 aliphatic rings. The molecule has 7 nitrogen and oxygen atoms in total. The number of aromatic nitrogens is 4. The van der Waals surface area contributed by atoms with Crippen LogP contribution in [0.3, 0.4) is 0 Å². The molecule has 0 amide bonds. The van der Waals surface area contributed by atoms with Crippen LogP contribution >= 0.6 is 0 Å². The van der Waals surface area contributed by atoms with E-state index in [-0.39, 0.29) is 12.4 Å². The molecule has 1 aromatic carbocycles. The summed E-state index contributed by atoms with van der Waals surface area (Å²) in [7, 11) is 0. The average Bonchev–Trinajstić information content (AvgIpc) is 3.58. The molecule has 1 aliphatic heterocycles. The molecule has 1 unspecified atom stereocenters. The quantitative estimate of drug-likeness (QED) is 0.364. The molecule has 0 N–H and O–H groups in total. The molecule has 4 heterocycles. The van der Waals surface area contributed by atoms with Gasteiger partial charge in [-0.3, -0.25) is 4.98 Å². The van der Waals surface area contributed by atoms with Gasteiger partial charge in [0.2, 0.25) is 0 Å². The smallest absolute Gasteiger partial charge is 0.167 e. The number of imidazole rings is 1. The first-order valence-electron chi connectivity index (χ1n) is 12.0. The minimum atomic E-state index is -0.183. The minimum absolute atomic E-state index is 0.168. The van der Waals surface area contributed by atoms with Gasteiger partial charge in [-0.05, 0) is 74.4 Å². The van der Waals surface area contributed by atoms with Crippen molar-refractivity contribution in [2.75, 3.05) is 6.61 Å². The van der Waals surface area contributed by atoms with Gasteiger partial charge >= 0.3 is 0 Å². The molecule has 0 bridgehead atoms. The molecular weight excluding hydrogens is 452 g/mol. The topological polar surface area (TPSA) is 75.2 Å². The van der Waals surface area contributed by atoms with Crippen LogP contribution in [0.4, 0.5) is 0 Å². The lowest BCUT2D eigenvalue weighted by atomic mass is 10.1. The van der Waals surface area contributed by atoms with Gasteiger partial charge in [0.15, 0.2) is 12.1 Å². The Morgan fingerprint density at radius 3 is 2.56 bits per heavy atom. The first kappa shape index (κ1) is 23.6. The number of hydrogen-bond donors (Lipinski definition) is 0. The van der Waals surface area contributed by atoms with Crippen LogP contribution in [0, 0.1) is 23.7 Å². The molecule has 1 saturated heterocycles. The summed E-state index contributed by atoms with van der Waals surface area (Å²) in [5, 5.41) is 4.26. The number of pyridine rings is 1. The molecule has 0 saturated carbocycles. The summed E-state index contributed by atoms with van der Waals surface area (Å²) in [6, 6.07) is 13.5. The van der Waals surface area contributed by atoms with E-state index in [0.717, 1.165) is 54.1 Å². The van der Waals surface area contributed by atoms with Gasteiger partial charge in [0.05, 0.1) is 6.54 Å². The molecule has 0 aliphatic carbocycles. The second-order valence-corrected chi connectivity index (χ2v) is 8.48. The summed E-state index contributed by atoms with van der Waals surface area (Å²) in [6.45, 7) is 3.29. The van der Waals surface area contributed by atoms with E-state index in [4.69, 9.17) is 14.0 Å². The number of benzene rings is 1. The van der Waals surface area contributed by atoms with Crippen molar-refractivity contribution in [1.82, 2.24) is 19.7 Å². The van der Waals surface area contributed by atoms with E-state index >= 15 is 0 Å². The zero-order valence-corrected chi connectivity index (χ0v) is 20.1. The van der Waals surface area contributed by atoms with Crippen LogP contribution in [-0.2, 0) is 16.0 Å². The Kier molecular flexibility index (Phi) is 7.53. The van der Waals surface area contributed by atoms with Crippen molar-refractivity contribution in [2.24, 2.45) is 0 Å². The van der Waals surface area contributed by atoms with Gasteiger partial charge in [0.1, 0.15) is 17.6 Å². The van der Waals surface area contributed by atoms with Crippen molar-refractivity contribution < 1.29 is 14.0 Å². The van der Waals surface area contributed by atoms with Gasteiger partial charge in [-0.15, -0.1) is 0 Å². The highest BCUT2D eigenvalue weighted by Crippen LogP contribution is 2.24. The van der Waals surface area contributed by atoms with E-state index < -0.39 is 0 Å². The predicted molar refractivity (Wildman–Crippen MR) is 134 cm³/mol. The standard InChI is InChI=1S/C29H26N4O3/c1-22(35-28-8-4-5-19-34-28)29-31-17-18-33(29)21-26-20-27(36-32-26)25-11-9-23(10-12-25)6-2-3-7-24-13-15-30-16-14-24/h9-18,20,22,28H,4-5,8,19,21H2,1H3/t22-,28?/m0/s1. The monoisotopic (exact) mass is 478 g/mol. The Morgan fingerprint density at radius 1 is 1.03 bits per heavy atom. The molecule has 1 fully saturated rings. The zero-order valence-electron chi connectivity index (χ0n) is 20.1. The Bertz CT molecular complexity index is 1400. The summed E-state index contributed by atoms with van der Waals surface area (Å²) < 4.78 is 19.4. The summed E-state index contributed by atoms with van der Waals surface area (Å²) >= 11 is 0. The first-order valence-corrected chi connectivity index (χ1v) is 12.0. The highest BCUT2D eigenvalue weighted by atomic mass is 16.7. The molecule has 0 radical (unpaired) electrons. The van der Waals surface area contributed by atoms with Crippen LogP contribution in [0.2, 0.25) is 0 Å². The van der Waals surface area contributed by atoms with Crippen molar-refractivity contribution in [3.05, 3.63) is 89.9 Å². The van der Waals surface area contributed by atoms with Crippen LogP contribution in [0.1, 0.15) is 54.9 Å². The van der Waals surface area contributed by atoms with Crippen molar-refractivity contribution in [2.45, 2.75) is 45.1 Å². The summed E-state index contributed by atoms with van der Waals surface area (Å²) in [5.41, 5.74) is 3.50. The highest BCUT2D eigenvalue weighted by Gasteiger charge is 2.21. The van der Waals surface area contributed by atoms with Gasteiger partial charge in [-0.2, -0.15) is 0 Å². The fraction of sp³-hybridized carbons (Fsp3) is 0.276. The lowest BCUT2D eigenvalue weighted by molar-refractivity contribution is -0.188. The molecule has 36 heavy (non-hydrogen) atoms. The van der Waals surface area contributed by atoms with Gasteiger partial charge < -0.3 is 18.6 Å². The Morgan fingerprint density at radius 2 is 1.81 bits per heavy atom. The third-order valence-corrected chi connectivity index (χ3v) is 5.82. The van der Waals surface area contributed by atoms with E-state index in [9.17, 15) is 0 Å². The van der Waals surface area contributed by atoms with Crippen molar-refractivity contribution in [3.8, 4) is 35.0 Å². The molecule has 3 aromatic heterocycles. The predicted octanol–water partition coefficient (Wildman–Crippen LogP) is 4.99. The number of ether oxygens (including phenoxy) is 2. The summed E-state index contributed by atoms with van der Waals surface area (Å²) in [4.78, 5) is 8.47. The highest BCUT2D eigenvalue weighted by molar-refractivity contribution is 5.59. The SMILES string of the molecule is C[C@H](OC1CCCCO1)c1nccn1Cc1cc(-c2ccc(C#CC#Cc3ccncc3)cc2)on1. The van der Waals surface area contributed by atoms with Gasteiger partial charge in [0, 0.05) is 54.2 Å². The van der Waals surface area contributed by atoms with E-state index in [0.29, 0.717) is 12.3 Å². The maximum atomic E-state index is 6.09. The van der Waals surface area contributed by atoms with Crippen molar-refractivity contribution >= 4 is 0 Å². The third-order valence-electron chi connectivity index (χ3n) is 5.82. The lowest BCUT2D eigenvalue weighted by Crippen LogP contribution is -2.24. The number of rotatable bonds is 6. The summed E-state index contributed by atoms with van der Waals surface area (Å²) in [5.74, 6) is 13.3. The maximum Gasteiger partial charge on any atom is 0.167 e. The molecule has 4 aromatic rings.